The summed E-state index contributed by atoms with van der Waals surface area (Å²) in [6.07, 6.45) is -0.904. The predicted molar refractivity (Wildman–Crippen MR) is 79.6 cm³/mol. The van der Waals surface area contributed by atoms with Crippen molar-refractivity contribution in [3.63, 3.8) is 0 Å². The number of aliphatic hydroxyl groups is 1. The summed E-state index contributed by atoms with van der Waals surface area (Å²) >= 11 is 5.99. The van der Waals surface area contributed by atoms with Gasteiger partial charge in [0.1, 0.15) is 17.3 Å². The maximum atomic E-state index is 13.8. The van der Waals surface area contributed by atoms with E-state index in [1.54, 1.807) is 24.3 Å². The van der Waals surface area contributed by atoms with Gasteiger partial charge in [-0.2, -0.15) is 0 Å². The van der Waals surface area contributed by atoms with Gasteiger partial charge in [-0.15, -0.1) is 0 Å². The number of aliphatic hydroxyl groups excluding tert-OH is 1. The molecule has 1 N–H and O–H groups in total. The first-order valence-corrected chi connectivity index (χ1v) is 6.77. The molecule has 0 bridgehead atoms. The Bertz CT molecular complexity index is 611. The third-order valence-electron chi connectivity index (χ3n) is 3.26. The van der Waals surface area contributed by atoms with Crippen LogP contribution in [0, 0.1) is 5.82 Å². The third kappa shape index (κ3) is 3.46. The summed E-state index contributed by atoms with van der Waals surface area (Å²) in [5.41, 5.74) is 0.799. The van der Waals surface area contributed by atoms with E-state index in [1.807, 2.05) is 0 Å². The van der Waals surface area contributed by atoms with E-state index in [-0.39, 0.29) is 17.0 Å². The highest BCUT2D eigenvalue weighted by atomic mass is 35.5. The van der Waals surface area contributed by atoms with Crippen LogP contribution >= 0.6 is 11.6 Å². The van der Waals surface area contributed by atoms with Gasteiger partial charge in [-0.3, -0.25) is 0 Å². The van der Waals surface area contributed by atoms with E-state index in [0.29, 0.717) is 17.1 Å². The Morgan fingerprint density at radius 1 is 1.19 bits per heavy atom. The third-order valence-corrected chi connectivity index (χ3v) is 3.61. The minimum Gasteiger partial charge on any atom is -0.497 e. The first-order chi connectivity index (χ1) is 10.1. The molecule has 112 valence electrons. The second-order valence-electron chi connectivity index (χ2n) is 4.53. The van der Waals surface area contributed by atoms with Crippen molar-refractivity contribution in [2.75, 3.05) is 14.2 Å². The molecule has 0 saturated carbocycles. The van der Waals surface area contributed by atoms with Crippen molar-refractivity contribution in [3.05, 3.63) is 58.4 Å². The fraction of sp³-hybridized carbons (Fsp3) is 0.250. The van der Waals surface area contributed by atoms with Gasteiger partial charge < -0.3 is 14.6 Å². The summed E-state index contributed by atoms with van der Waals surface area (Å²) in [6.45, 7) is 0. The van der Waals surface area contributed by atoms with Crippen LogP contribution in [0.15, 0.2) is 36.4 Å². The van der Waals surface area contributed by atoms with E-state index < -0.39 is 11.9 Å². The molecule has 5 heteroatoms. The fourth-order valence-corrected chi connectivity index (χ4v) is 2.37. The fourth-order valence-electron chi connectivity index (χ4n) is 2.13. The normalized spacial score (nSPS) is 12.0. The highest BCUT2D eigenvalue weighted by Crippen LogP contribution is 2.33. The summed E-state index contributed by atoms with van der Waals surface area (Å²) in [7, 11) is 3.04. The quantitative estimate of drug-likeness (QED) is 0.913. The summed E-state index contributed by atoms with van der Waals surface area (Å²) in [5, 5.41) is 10.7. The van der Waals surface area contributed by atoms with Crippen molar-refractivity contribution in [3.8, 4) is 11.5 Å². The number of ether oxygens (including phenoxy) is 2. The molecule has 2 aromatic rings. The van der Waals surface area contributed by atoms with Gasteiger partial charge in [0.15, 0.2) is 0 Å². The number of methoxy groups -OCH3 is 2. The Morgan fingerprint density at radius 3 is 2.57 bits per heavy atom. The molecule has 0 spiro atoms. The van der Waals surface area contributed by atoms with Crippen LogP contribution in [0.25, 0.3) is 0 Å². The molecule has 0 aliphatic rings. The number of benzene rings is 2. The minimum atomic E-state index is -0.954. The van der Waals surface area contributed by atoms with Crippen molar-refractivity contribution < 1.29 is 19.0 Å². The molecular weight excluding hydrogens is 295 g/mol. The lowest BCUT2D eigenvalue weighted by Crippen LogP contribution is -2.06. The summed E-state index contributed by atoms with van der Waals surface area (Å²) in [4.78, 5) is 0. The molecule has 0 fully saturated rings. The average Bonchev–Trinajstić information content (AvgIpc) is 2.50. The zero-order valence-electron chi connectivity index (χ0n) is 11.8. The van der Waals surface area contributed by atoms with E-state index in [4.69, 9.17) is 21.1 Å². The molecule has 2 aromatic carbocycles. The first-order valence-electron chi connectivity index (χ1n) is 6.39. The Balaban J connectivity index is 2.33. The Hall–Kier alpha value is -1.78. The molecule has 2 rings (SSSR count). The molecule has 0 amide bonds. The van der Waals surface area contributed by atoms with E-state index >= 15 is 0 Å². The topological polar surface area (TPSA) is 38.7 Å². The molecule has 1 unspecified atom stereocenters. The smallest absolute Gasteiger partial charge is 0.127 e. The van der Waals surface area contributed by atoms with E-state index in [1.165, 1.54) is 26.4 Å². The van der Waals surface area contributed by atoms with Crippen molar-refractivity contribution in [1.29, 1.82) is 0 Å². The highest BCUT2D eigenvalue weighted by molar-refractivity contribution is 6.31. The molecule has 3 nitrogen and oxygen atoms in total. The molecule has 0 radical (unpaired) electrons. The summed E-state index contributed by atoms with van der Waals surface area (Å²) in [6, 6.07) is 9.52. The van der Waals surface area contributed by atoms with Gasteiger partial charge in [0, 0.05) is 22.6 Å². The van der Waals surface area contributed by atoms with E-state index in [9.17, 15) is 9.50 Å². The Morgan fingerprint density at radius 2 is 1.95 bits per heavy atom. The SMILES string of the molecule is COc1ccc(OC)c(C(O)Cc2c(F)cccc2Cl)c1. The van der Waals surface area contributed by atoms with E-state index in [0.717, 1.165) is 0 Å². The van der Waals surface area contributed by atoms with Gasteiger partial charge in [0.05, 0.1) is 20.3 Å². The zero-order valence-corrected chi connectivity index (χ0v) is 12.5. The van der Waals surface area contributed by atoms with Crippen LogP contribution in [0.4, 0.5) is 4.39 Å². The van der Waals surface area contributed by atoms with Crippen LogP contribution in [0.1, 0.15) is 17.2 Å². The van der Waals surface area contributed by atoms with Crippen molar-refractivity contribution in [1.82, 2.24) is 0 Å². The summed E-state index contributed by atoms with van der Waals surface area (Å²) < 4.78 is 24.2. The van der Waals surface area contributed by atoms with Crippen LogP contribution < -0.4 is 9.47 Å². The maximum absolute atomic E-state index is 13.8. The van der Waals surface area contributed by atoms with E-state index in [2.05, 4.69) is 0 Å². The maximum Gasteiger partial charge on any atom is 0.127 e. The largest absolute Gasteiger partial charge is 0.497 e. The van der Waals surface area contributed by atoms with Crippen LogP contribution in [-0.4, -0.2) is 19.3 Å². The van der Waals surface area contributed by atoms with Crippen LogP contribution in [0.5, 0.6) is 11.5 Å². The lowest BCUT2D eigenvalue weighted by atomic mass is 10.00. The average molecular weight is 311 g/mol. The lowest BCUT2D eigenvalue weighted by molar-refractivity contribution is 0.172. The number of hydrogen-bond donors (Lipinski definition) is 1. The van der Waals surface area contributed by atoms with Gasteiger partial charge in [0.2, 0.25) is 0 Å². The number of rotatable bonds is 5. The molecule has 0 saturated heterocycles. The standard InChI is InChI=1S/C16H16ClFO3/c1-20-10-6-7-16(21-2)12(8-10)15(19)9-11-13(17)4-3-5-14(11)18/h3-8,15,19H,9H2,1-2H3. The molecule has 0 aliphatic heterocycles. The molecule has 0 aliphatic carbocycles. The number of hydrogen-bond acceptors (Lipinski definition) is 3. The molecule has 1 atom stereocenters. The molecule has 0 aromatic heterocycles. The molecular formula is C16H16ClFO3. The van der Waals surface area contributed by atoms with Crippen molar-refractivity contribution in [2.45, 2.75) is 12.5 Å². The van der Waals surface area contributed by atoms with Gasteiger partial charge >= 0.3 is 0 Å². The summed E-state index contributed by atoms with van der Waals surface area (Å²) in [5.74, 6) is 0.656. The minimum absolute atomic E-state index is 0.0506. The first kappa shape index (κ1) is 15.6. The Kier molecular flexibility index (Phi) is 5.04. The van der Waals surface area contributed by atoms with Crippen molar-refractivity contribution in [2.24, 2.45) is 0 Å². The van der Waals surface area contributed by atoms with Gasteiger partial charge in [-0.05, 0) is 30.3 Å². The van der Waals surface area contributed by atoms with Gasteiger partial charge in [-0.25, -0.2) is 4.39 Å². The molecule has 0 heterocycles. The Labute approximate surface area is 127 Å². The van der Waals surface area contributed by atoms with Crippen molar-refractivity contribution >= 4 is 11.6 Å². The van der Waals surface area contributed by atoms with Gasteiger partial charge in [-0.1, -0.05) is 17.7 Å². The predicted octanol–water partition coefficient (Wildman–Crippen LogP) is 3.77. The highest BCUT2D eigenvalue weighted by Gasteiger charge is 2.18. The van der Waals surface area contributed by atoms with Crippen LogP contribution in [0.3, 0.4) is 0 Å². The lowest BCUT2D eigenvalue weighted by Gasteiger charge is -2.17. The van der Waals surface area contributed by atoms with Crippen LogP contribution in [-0.2, 0) is 6.42 Å². The second-order valence-corrected chi connectivity index (χ2v) is 4.94. The van der Waals surface area contributed by atoms with Gasteiger partial charge in [0.25, 0.3) is 0 Å². The second kappa shape index (κ2) is 6.78. The number of halogens is 2. The molecule has 21 heavy (non-hydrogen) atoms. The zero-order chi connectivity index (χ0) is 15.4. The van der Waals surface area contributed by atoms with Crippen LogP contribution in [0.2, 0.25) is 5.02 Å². The monoisotopic (exact) mass is 310 g/mol.